The van der Waals surface area contributed by atoms with Crippen molar-refractivity contribution in [1.29, 1.82) is 0 Å². The number of amides is 1. The molecule has 2 N–H and O–H groups in total. The van der Waals surface area contributed by atoms with Gasteiger partial charge in [-0.2, -0.15) is 5.10 Å². The lowest BCUT2D eigenvalue weighted by molar-refractivity contribution is -0.122. The minimum Gasteiger partial charge on any atom is -0.346 e. The lowest BCUT2D eigenvalue weighted by Crippen LogP contribution is -2.34. The number of H-pyrrole nitrogens is 1. The number of rotatable bonds is 8. The average molecular weight is 578 g/mol. The highest BCUT2D eigenvalue weighted by Crippen LogP contribution is 2.33. The van der Waals surface area contributed by atoms with E-state index < -0.39 is 30.0 Å². The van der Waals surface area contributed by atoms with Crippen molar-refractivity contribution >= 4 is 16.9 Å². The molecule has 2 atom stereocenters. The van der Waals surface area contributed by atoms with Crippen molar-refractivity contribution in [2.45, 2.75) is 51.6 Å². The highest BCUT2D eigenvalue weighted by Gasteiger charge is 2.29. The van der Waals surface area contributed by atoms with Crippen molar-refractivity contribution in [2.75, 3.05) is 0 Å². The molecule has 5 aromatic rings. The van der Waals surface area contributed by atoms with Gasteiger partial charge in [0.2, 0.25) is 5.91 Å². The Labute approximate surface area is 238 Å². The molecular formula is C30H27F4N7O. The highest BCUT2D eigenvalue weighted by molar-refractivity contribution is 5.82. The van der Waals surface area contributed by atoms with Crippen LogP contribution in [-0.2, 0) is 30.6 Å². The largest absolute Gasteiger partial charge is 0.346 e. The monoisotopic (exact) mass is 577 g/mol. The molecule has 0 saturated heterocycles. The second kappa shape index (κ2) is 11.3. The summed E-state index contributed by atoms with van der Waals surface area (Å²) in [5.41, 5.74) is 3.50. The maximum atomic E-state index is 14.1. The number of aromatic amines is 1. The Morgan fingerprint density at radius 1 is 1.12 bits per heavy atom. The number of nitrogens with one attached hydrogen (secondary N) is 2. The number of alkyl halides is 2. The first-order valence-electron chi connectivity index (χ1n) is 13.6. The third kappa shape index (κ3) is 5.61. The summed E-state index contributed by atoms with van der Waals surface area (Å²) >= 11 is 0. The highest BCUT2D eigenvalue weighted by atomic mass is 19.3. The van der Waals surface area contributed by atoms with E-state index in [9.17, 15) is 22.4 Å². The van der Waals surface area contributed by atoms with Gasteiger partial charge in [0.1, 0.15) is 35.8 Å². The Balaban J connectivity index is 1.35. The second-order valence-corrected chi connectivity index (χ2v) is 10.7. The predicted octanol–water partition coefficient (Wildman–Crippen LogP) is 5.66. The lowest BCUT2D eigenvalue weighted by atomic mass is 9.88. The summed E-state index contributed by atoms with van der Waals surface area (Å²) in [7, 11) is 0. The molecule has 1 aromatic carbocycles. The summed E-state index contributed by atoms with van der Waals surface area (Å²) in [6.45, 7) is 1.74. The van der Waals surface area contributed by atoms with Gasteiger partial charge in [-0.1, -0.05) is 6.92 Å². The molecule has 0 spiro atoms. The fourth-order valence-electron chi connectivity index (χ4n) is 5.67. The number of fused-ring (bicyclic) bond motifs is 2. The van der Waals surface area contributed by atoms with E-state index in [2.05, 4.69) is 30.4 Å². The van der Waals surface area contributed by atoms with Crippen LogP contribution in [0.4, 0.5) is 17.6 Å². The van der Waals surface area contributed by atoms with E-state index in [0.717, 1.165) is 17.9 Å². The second-order valence-electron chi connectivity index (χ2n) is 10.7. The Morgan fingerprint density at radius 3 is 2.71 bits per heavy atom. The van der Waals surface area contributed by atoms with Crippen LogP contribution in [0.2, 0.25) is 0 Å². The fourth-order valence-corrected chi connectivity index (χ4v) is 5.67. The average Bonchev–Trinajstić information content (AvgIpc) is 3.56. The molecule has 4 aromatic heterocycles. The standard InChI is InChI=1S/C30H27F4N7O/c1-16-2-3-22-25(6-16)41(40-28(22)29(33)34)14-26(42)39-24(9-17-7-20(31)11-21(32)8-17)27-23(13-35-15-38-27)19-10-18-4-5-36-30(18)37-12-19/h4-5,7-8,10-13,15-16,24,29H,2-3,6,9,14H2,1H3,(H,36,37)(H,39,42). The van der Waals surface area contributed by atoms with E-state index in [-0.39, 0.29) is 24.6 Å². The van der Waals surface area contributed by atoms with Crippen molar-refractivity contribution < 1.29 is 22.4 Å². The number of pyridine rings is 1. The van der Waals surface area contributed by atoms with Crippen molar-refractivity contribution in [2.24, 2.45) is 5.92 Å². The first-order valence-corrected chi connectivity index (χ1v) is 13.6. The van der Waals surface area contributed by atoms with Crippen LogP contribution in [0.5, 0.6) is 0 Å². The van der Waals surface area contributed by atoms with Gasteiger partial charge in [-0.15, -0.1) is 0 Å². The van der Waals surface area contributed by atoms with Crippen molar-refractivity contribution in [3.63, 3.8) is 0 Å². The van der Waals surface area contributed by atoms with E-state index in [4.69, 9.17) is 0 Å². The van der Waals surface area contributed by atoms with Crippen LogP contribution in [0, 0.1) is 17.6 Å². The third-order valence-electron chi connectivity index (χ3n) is 7.61. The first-order chi connectivity index (χ1) is 20.2. The van der Waals surface area contributed by atoms with Crippen LogP contribution in [0.1, 0.15) is 54.0 Å². The van der Waals surface area contributed by atoms with Crippen molar-refractivity contribution in [3.05, 3.63) is 95.1 Å². The van der Waals surface area contributed by atoms with Crippen LogP contribution in [0.15, 0.2) is 55.2 Å². The van der Waals surface area contributed by atoms with Crippen molar-refractivity contribution in [3.8, 4) is 11.1 Å². The zero-order valence-electron chi connectivity index (χ0n) is 22.6. The molecule has 0 bridgehead atoms. The number of benzene rings is 1. The Hall–Kier alpha value is -4.61. The van der Waals surface area contributed by atoms with Crippen LogP contribution >= 0.6 is 0 Å². The van der Waals surface area contributed by atoms with Gasteiger partial charge in [-0.05, 0) is 61.4 Å². The van der Waals surface area contributed by atoms with Gasteiger partial charge in [-0.3, -0.25) is 9.48 Å². The van der Waals surface area contributed by atoms with Gasteiger partial charge in [-0.25, -0.2) is 32.5 Å². The number of carbonyl (C=O) groups excluding carboxylic acids is 1. The number of hydrogen-bond donors (Lipinski definition) is 2. The summed E-state index contributed by atoms with van der Waals surface area (Å²) in [4.78, 5) is 29.6. The Morgan fingerprint density at radius 2 is 1.93 bits per heavy atom. The van der Waals surface area contributed by atoms with Gasteiger partial charge in [0.15, 0.2) is 0 Å². The molecule has 1 amide bonds. The Kier molecular flexibility index (Phi) is 7.44. The minimum atomic E-state index is -2.75. The van der Waals surface area contributed by atoms with Crippen LogP contribution in [0.3, 0.4) is 0 Å². The molecule has 216 valence electrons. The topological polar surface area (TPSA) is 101 Å². The number of carbonyl (C=O) groups is 1. The molecule has 0 fully saturated rings. The van der Waals surface area contributed by atoms with E-state index >= 15 is 0 Å². The normalized spacial score (nSPS) is 15.6. The molecule has 1 aliphatic rings. The molecule has 12 heteroatoms. The molecule has 42 heavy (non-hydrogen) atoms. The summed E-state index contributed by atoms with van der Waals surface area (Å²) in [5.74, 6) is -1.74. The summed E-state index contributed by atoms with van der Waals surface area (Å²) in [6.07, 6.45) is 5.37. The van der Waals surface area contributed by atoms with E-state index in [1.165, 1.54) is 23.1 Å². The van der Waals surface area contributed by atoms with E-state index in [1.807, 2.05) is 19.1 Å². The fraction of sp³-hybridized carbons (Fsp3) is 0.300. The SMILES string of the molecule is CC1CCc2c(C(F)F)nn(CC(=O)NC(Cc3cc(F)cc(F)c3)c3ncncc3-c3cnc4[nH]ccc4c3)c2C1. The predicted molar refractivity (Wildman–Crippen MR) is 146 cm³/mol. The molecule has 1 aliphatic carbocycles. The van der Waals surface area contributed by atoms with E-state index in [1.54, 1.807) is 18.6 Å². The molecule has 8 nitrogen and oxygen atoms in total. The summed E-state index contributed by atoms with van der Waals surface area (Å²) in [6, 6.07) is 6.06. The van der Waals surface area contributed by atoms with Crippen LogP contribution in [0.25, 0.3) is 22.2 Å². The van der Waals surface area contributed by atoms with Gasteiger partial charge in [0, 0.05) is 52.4 Å². The van der Waals surface area contributed by atoms with Gasteiger partial charge in [0.05, 0.1) is 11.7 Å². The van der Waals surface area contributed by atoms with Crippen LogP contribution in [-0.4, -0.2) is 35.6 Å². The number of aromatic nitrogens is 6. The molecule has 6 rings (SSSR count). The first kappa shape index (κ1) is 27.6. The zero-order chi connectivity index (χ0) is 29.4. The van der Waals surface area contributed by atoms with Crippen LogP contribution < -0.4 is 5.32 Å². The summed E-state index contributed by atoms with van der Waals surface area (Å²) < 4.78 is 57.1. The number of nitrogens with zero attached hydrogens (tertiary/aromatic N) is 5. The van der Waals surface area contributed by atoms with Gasteiger partial charge in [0.25, 0.3) is 6.43 Å². The molecule has 2 unspecified atom stereocenters. The molecule has 0 aliphatic heterocycles. The number of hydrogen-bond acceptors (Lipinski definition) is 5. The van der Waals surface area contributed by atoms with Gasteiger partial charge < -0.3 is 10.3 Å². The zero-order valence-corrected chi connectivity index (χ0v) is 22.6. The number of halogens is 4. The maximum absolute atomic E-state index is 14.1. The molecule has 4 heterocycles. The quantitative estimate of drug-likeness (QED) is 0.232. The van der Waals surface area contributed by atoms with E-state index in [0.29, 0.717) is 52.1 Å². The Bertz CT molecular complexity index is 1750. The minimum absolute atomic E-state index is 0.000787. The molecule has 0 radical (unpaired) electrons. The molecule has 0 saturated carbocycles. The summed E-state index contributed by atoms with van der Waals surface area (Å²) in [5, 5.41) is 7.88. The van der Waals surface area contributed by atoms with Gasteiger partial charge >= 0.3 is 0 Å². The smallest absolute Gasteiger partial charge is 0.282 e. The lowest BCUT2D eigenvalue weighted by Gasteiger charge is -2.22. The van der Waals surface area contributed by atoms with Crippen molar-refractivity contribution in [1.82, 2.24) is 35.0 Å². The maximum Gasteiger partial charge on any atom is 0.282 e. The third-order valence-corrected chi connectivity index (χ3v) is 7.61. The molecular weight excluding hydrogens is 550 g/mol.